The van der Waals surface area contributed by atoms with Crippen molar-refractivity contribution in [2.75, 3.05) is 13.2 Å². The Bertz CT molecular complexity index is 1110. The molecular weight excluding hydrogens is 568 g/mol. The largest absolute Gasteiger partial charge is 0.352 e. The van der Waals surface area contributed by atoms with Crippen molar-refractivity contribution in [2.45, 2.75) is 155 Å². The molecule has 2 aliphatic heterocycles. The number of rotatable bonds is 16. The second-order valence-corrected chi connectivity index (χ2v) is 15.0. The van der Waals surface area contributed by atoms with Crippen LogP contribution in [0.5, 0.6) is 0 Å². The molecule has 46 heavy (non-hydrogen) atoms. The van der Waals surface area contributed by atoms with E-state index >= 15 is 0 Å². The molecule has 0 aromatic heterocycles. The van der Waals surface area contributed by atoms with Crippen molar-refractivity contribution >= 4 is 0 Å². The Morgan fingerprint density at radius 1 is 0.674 bits per heavy atom. The molecule has 2 aromatic carbocycles. The molecule has 6 unspecified atom stereocenters. The number of hydrogen-bond acceptors (Lipinski definition) is 4. The SMILES string of the molecule is CCCCCCCC1COC(C2CCC(C3(C)OC(c4ccc(-c5ccccc5)cc4)OCC3CCCCCCC)CC2)OC1C. The molecule has 1 aliphatic carbocycles. The summed E-state index contributed by atoms with van der Waals surface area (Å²) >= 11 is 0. The van der Waals surface area contributed by atoms with Gasteiger partial charge < -0.3 is 18.9 Å². The normalized spacial score (nSPS) is 32.0. The zero-order chi connectivity index (χ0) is 32.2. The van der Waals surface area contributed by atoms with Crippen LogP contribution in [0.3, 0.4) is 0 Å². The second kappa shape index (κ2) is 18.2. The van der Waals surface area contributed by atoms with E-state index in [1.54, 1.807) is 0 Å². The van der Waals surface area contributed by atoms with E-state index in [1.165, 1.54) is 101 Å². The van der Waals surface area contributed by atoms with Crippen molar-refractivity contribution in [1.82, 2.24) is 0 Å². The Balaban J connectivity index is 1.18. The summed E-state index contributed by atoms with van der Waals surface area (Å²) in [4.78, 5) is 0. The first-order valence-corrected chi connectivity index (χ1v) is 19.2. The molecule has 6 atom stereocenters. The van der Waals surface area contributed by atoms with Gasteiger partial charge in [-0.25, -0.2) is 0 Å². The molecule has 0 spiro atoms. The Hall–Kier alpha value is -1.72. The van der Waals surface area contributed by atoms with Gasteiger partial charge in [0.15, 0.2) is 12.6 Å². The van der Waals surface area contributed by atoms with Crippen molar-refractivity contribution in [1.29, 1.82) is 0 Å². The summed E-state index contributed by atoms with van der Waals surface area (Å²) in [6.07, 6.45) is 20.2. The van der Waals surface area contributed by atoms with E-state index in [-0.39, 0.29) is 18.2 Å². The first-order valence-electron chi connectivity index (χ1n) is 19.2. The van der Waals surface area contributed by atoms with Crippen LogP contribution in [0.4, 0.5) is 0 Å². The lowest BCUT2D eigenvalue weighted by Crippen LogP contribution is -2.53. The highest BCUT2D eigenvalue weighted by molar-refractivity contribution is 5.63. The van der Waals surface area contributed by atoms with Gasteiger partial charge in [0.05, 0.1) is 24.9 Å². The summed E-state index contributed by atoms with van der Waals surface area (Å²) in [7, 11) is 0. The summed E-state index contributed by atoms with van der Waals surface area (Å²) in [5.74, 6) is 1.98. The molecule has 256 valence electrons. The minimum Gasteiger partial charge on any atom is -0.352 e. The van der Waals surface area contributed by atoms with Crippen LogP contribution < -0.4 is 0 Å². The Labute approximate surface area is 281 Å². The summed E-state index contributed by atoms with van der Waals surface area (Å²) in [6.45, 7) is 10.9. The first kappa shape index (κ1) is 35.6. The number of benzene rings is 2. The maximum absolute atomic E-state index is 7.12. The van der Waals surface area contributed by atoms with E-state index in [9.17, 15) is 0 Å². The smallest absolute Gasteiger partial charge is 0.184 e. The minimum absolute atomic E-state index is 0.0408. The molecular formula is C42H64O4. The highest BCUT2D eigenvalue weighted by Crippen LogP contribution is 2.49. The standard InChI is InChI=1S/C42H64O4/c1-5-7-9-11-14-20-37-30-43-40(45-32(37)3)35-26-28-38(29-27-35)42(4)39(21-17-12-10-8-6-2)31-44-41(46-42)36-24-22-34(23-25-36)33-18-15-13-16-19-33/h13,15-16,18-19,22-25,32,35,37-41H,5-12,14,17,20-21,26-31H2,1-4H3. The molecule has 5 rings (SSSR count). The first-order chi connectivity index (χ1) is 22.5. The summed E-state index contributed by atoms with van der Waals surface area (Å²) < 4.78 is 26.6. The van der Waals surface area contributed by atoms with Gasteiger partial charge in [-0.2, -0.15) is 0 Å². The number of unbranched alkanes of at least 4 members (excludes halogenated alkanes) is 8. The fraction of sp³-hybridized carbons (Fsp3) is 0.714. The van der Waals surface area contributed by atoms with Gasteiger partial charge in [0, 0.05) is 23.3 Å². The molecule has 2 saturated heterocycles. The van der Waals surface area contributed by atoms with Crippen LogP contribution in [0.25, 0.3) is 11.1 Å². The van der Waals surface area contributed by atoms with E-state index in [2.05, 4.69) is 82.3 Å². The van der Waals surface area contributed by atoms with Crippen LogP contribution in [0.1, 0.15) is 142 Å². The summed E-state index contributed by atoms with van der Waals surface area (Å²) in [5.41, 5.74) is 3.40. The number of hydrogen-bond donors (Lipinski definition) is 0. The zero-order valence-electron chi connectivity index (χ0n) is 29.6. The van der Waals surface area contributed by atoms with Gasteiger partial charge in [0.2, 0.25) is 0 Å². The maximum atomic E-state index is 7.12. The van der Waals surface area contributed by atoms with Crippen LogP contribution in [-0.2, 0) is 18.9 Å². The quantitative estimate of drug-likeness (QED) is 0.173. The predicted octanol–water partition coefficient (Wildman–Crippen LogP) is 11.7. The van der Waals surface area contributed by atoms with Gasteiger partial charge in [-0.15, -0.1) is 0 Å². The molecule has 3 fully saturated rings. The summed E-state index contributed by atoms with van der Waals surface area (Å²) in [6, 6.07) is 19.4. The highest BCUT2D eigenvalue weighted by Gasteiger charge is 2.49. The monoisotopic (exact) mass is 632 g/mol. The molecule has 2 aromatic rings. The Morgan fingerprint density at radius 2 is 1.30 bits per heavy atom. The lowest BCUT2D eigenvalue weighted by molar-refractivity contribution is -0.304. The van der Waals surface area contributed by atoms with E-state index in [4.69, 9.17) is 18.9 Å². The maximum Gasteiger partial charge on any atom is 0.184 e. The van der Waals surface area contributed by atoms with Crippen LogP contribution in [0.2, 0.25) is 0 Å². The van der Waals surface area contributed by atoms with Crippen molar-refractivity contribution in [3.05, 3.63) is 60.2 Å². The molecule has 0 N–H and O–H groups in total. The molecule has 4 heteroatoms. The zero-order valence-corrected chi connectivity index (χ0v) is 29.6. The van der Waals surface area contributed by atoms with Crippen LogP contribution in [-0.4, -0.2) is 31.2 Å². The molecule has 0 amide bonds. The van der Waals surface area contributed by atoms with Crippen molar-refractivity contribution in [2.24, 2.45) is 23.7 Å². The van der Waals surface area contributed by atoms with Crippen LogP contribution >= 0.6 is 0 Å². The Kier molecular flexibility index (Phi) is 14.0. The Morgan fingerprint density at radius 3 is 1.96 bits per heavy atom. The van der Waals surface area contributed by atoms with E-state index in [0.29, 0.717) is 29.8 Å². The highest BCUT2D eigenvalue weighted by atomic mass is 16.7. The molecule has 3 aliphatic rings. The third-order valence-corrected chi connectivity index (χ3v) is 11.7. The second-order valence-electron chi connectivity index (χ2n) is 15.0. The molecule has 1 saturated carbocycles. The van der Waals surface area contributed by atoms with Crippen molar-refractivity contribution in [3.8, 4) is 11.1 Å². The molecule has 0 radical (unpaired) electrons. The molecule has 2 heterocycles. The van der Waals surface area contributed by atoms with Gasteiger partial charge in [-0.3, -0.25) is 0 Å². The average molecular weight is 633 g/mol. The van der Waals surface area contributed by atoms with Gasteiger partial charge in [0.1, 0.15) is 0 Å². The van der Waals surface area contributed by atoms with E-state index in [1.807, 2.05) is 0 Å². The van der Waals surface area contributed by atoms with Crippen molar-refractivity contribution in [3.63, 3.8) is 0 Å². The van der Waals surface area contributed by atoms with Gasteiger partial charge in [-0.05, 0) is 69.4 Å². The topological polar surface area (TPSA) is 36.9 Å². The van der Waals surface area contributed by atoms with E-state index in [0.717, 1.165) is 31.6 Å². The fourth-order valence-electron chi connectivity index (χ4n) is 8.41. The van der Waals surface area contributed by atoms with E-state index < -0.39 is 0 Å². The van der Waals surface area contributed by atoms with Gasteiger partial charge in [-0.1, -0.05) is 133 Å². The fourth-order valence-corrected chi connectivity index (χ4v) is 8.41. The van der Waals surface area contributed by atoms with Crippen LogP contribution in [0.15, 0.2) is 54.6 Å². The minimum atomic E-state index is -0.311. The third kappa shape index (κ3) is 9.46. The molecule has 0 bridgehead atoms. The van der Waals surface area contributed by atoms with Crippen molar-refractivity contribution < 1.29 is 18.9 Å². The van der Waals surface area contributed by atoms with Gasteiger partial charge >= 0.3 is 0 Å². The lowest BCUT2D eigenvalue weighted by Gasteiger charge is -2.51. The van der Waals surface area contributed by atoms with Crippen LogP contribution in [0, 0.1) is 23.7 Å². The average Bonchev–Trinajstić information content (AvgIpc) is 3.10. The third-order valence-electron chi connectivity index (χ3n) is 11.7. The lowest BCUT2D eigenvalue weighted by atomic mass is 9.67. The van der Waals surface area contributed by atoms with Gasteiger partial charge in [0.25, 0.3) is 0 Å². The molecule has 4 nitrogen and oxygen atoms in total. The summed E-state index contributed by atoms with van der Waals surface area (Å²) in [5, 5.41) is 0. The number of ether oxygens (including phenoxy) is 4. The predicted molar refractivity (Wildman–Crippen MR) is 190 cm³/mol.